The van der Waals surface area contributed by atoms with E-state index < -0.39 is 5.92 Å². The molecule has 2 nitrogen and oxygen atoms in total. The zero-order valence-electron chi connectivity index (χ0n) is 10.7. The van der Waals surface area contributed by atoms with Gasteiger partial charge in [-0.2, -0.15) is 0 Å². The molecule has 0 radical (unpaired) electrons. The smallest absolute Gasteiger partial charge is 0.270 e. The molecule has 0 fully saturated rings. The third-order valence-electron chi connectivity index (χ3n) is 2.57. The molecular weight excluding hydrogens is 302 g/mol. The lowest BCUT2D eigenvalue weighted by atomic mass is 10.1. The van der Waals surface area contributed by atoms with Crippen molar-refractivity contribution in [1.82, 2.24) is 0 Å². The molecule has 2 rings (SSSR count). The van der Waals surface area contributed by atoms with E-state index in [0.29, 0.717) is 16.5 Å². The number of hydrogen-bond acceptors (Lipinski definition) is 3. The predicted molar refractivity (Wildman–Crippen MR) is 81.7 cm³/mol. The van der Waals surface area contributed by atoms with Crippen LogP contribution in [0, 0.1) is 0 Å². The lowest BCUT2D eigenvalue weighted by Crippen LogP contribution is -2.09. The van der Waals surface area contributed by atoms with Gasteiger partial charge in [-0.05, 0) is 23.6 Å². The van der Waals surface area contributed by atoms with Crippen molar-refractivity contribution >= 4 is 33.6 Å². The van der Waals surface area contributed by atoms with Crippen LogP contribution in [0.4, 0.5) is 19.5 Å². The Kier molecular flexibility index (Phi) is 4.30. The number of alkyl halides is 2. The van der Waals surface area contributed by atoms with Gasteiger partial charge in [0.05, 0.1) is 5.02 Å². The molecule has 0 spiro atoms. The summed E-state index contributed by atoms with van der Waals surface area (Å²) in [6.45, 7) is 4.68. The van der Waals surface area contributed by atoms with Crippen molar-refractivity contribution in [2.45, 2.75) is 12.8 Å². The molecule has 20 heavy (non-hydrogen) atoms. The van der Waals surface area contributed by atoms with E-state index in [1.165, 1.54) is 23.5 Å². The van der Waals surface area contributed by atoms with Crippen molar-refractivity contribution in [3.8, 4) is 0 Å². The Morgan fingerprint density at radius 3 is 2.35 bits per heavy atom. The molecule has 2 aromatic rings. The van der Waals surface area contributed by atoms with Gasteiger partial charge in [0, 0.05) is 18.2 Å². The molecule has 1 heterocycles. The van der Waals surface area contributed by atoms with Gasteiger partial charge in [0.1, 0.15) is 10.8 Å². The fourth-order valence-electron chi connectivity index (χ4n) is 1.57. The SMILES string of the molecule is C=C(Nc1ccc(C(C)(F)F)cc1)Nc1sccc1Cl. The molecule has 2 N–H and O–H groups in total. The van der Waals surface area contributed by atoms with Crippen molar-refractivity contribution in [2.24, 2.45) is 0 Å². The van der Waals surface area contributed by atoms with Crippen LogP contribution in [-0.2, 0) is 5.92 Å². The third kappa shape index (κ3) is 3.71. The predicted octanol–water partition coefficient (Wildman–Crippen LogP) is 5.51. The maximum Gasteiger partial charge on any atom is 0.270 e. The van der Waals surface area contributed by atoms with Gasteiger partial charge in [0.25, 0.3) is 5.92 Å². The second-order valence-corrected chi connectivity index (χ2v) is 5.62. The Morgan fingerprint density at radius 1 is 1.20 bits per heavy atom. The molecule has 6 heteroatoms. The standard InChI is InChI=1S/C14H13ClF2N2S/c1-9(19-13-12(15)7-8-20-13)18-11-5-3-10(4-6-11)14(2,16)17/h3-8,18-19H,1H2,2H3. The monoisotopic (exact) mass is 314 g/mol. The van der Waals surface area contributed by atoms with Gasteiger partial charge >= 0.3 is 0 Å². The first-order valence-corrected chi connectivity index (χ1v) is 7.06. The molecule has 0 amide bonds. The second kappa shape index (κ2) is 5.81. The summed E-state index contributed by atoms with van der Waals surface area (Å²) in [5.41, 5.74) is 0.645. The summed E-state index contributed by atoms with van der Waals surface area (Å²) >= 11 is 7.40. The van der Waals surface area contributed by atoms with E-state index in [1.54, 1.807) is 18.2 Å². The molecule has 0 aliphatic rings. The van der Waals surface area contributed by atoms with E-state index in [4.69, 9.17) is 11.6 Å². The molecule has 0 saturated heterocycles. The average molecular weight is 315 g/mol. The van der Waals surface area contributed by atoms with E-state index in [1.807, 2.05) is 5.38 Å². The first-order valence-electron chi connectivity index (χ1n) is 5.80. The van der Waals surface area contributed by atoms with E-state index in [9.17, 15) is 8.78 Å². The number of thiophene rings is 1. The Labute approximate surface area is 125 Å². The molecule has 106 valence electrons. The normalized spacial score (nSPS) is 11.2. The van der Waals surface area contributed by atoms with Crippen LogP contribution in [0.5, 0.6) is 0 Å². The van der Waals surface area contributed by atoms with Crippen LogP contribution in [0.2, 0.25) is 5.02 Å². The zero-order chi connectivity index (χ0) is 14.8. The molecule has 1 aromatic heterocycles. The van der Waals surface area contributed by atoms with E-state index >= 15 is 0 Å². The van der Waals surface area contributed by atoms with E-state index in [-0.39, 0.29) is 5.56 Å². The van der Waals surface area contributed by atoms with Gasteiger partial charge in [-0.15, -0.1) is 11.3 Å². The largest absolute Gasteiger partial charge is 0.342 e. The zero-order valence-corrected chi connectivity index (χ0v) is 12.3. The Bertz CT molecular complexity index is 602. The van der Waals surface area contributed by atoms with Crippen molar-refractivity contribution in [2.75, 3.05) is 10.6 Å². The minimum absolute atomic E-state index is 0.0251. The molecule has 1 aromatic carbocycles. The minimum atomic E-state index is -2.84. The molecule has 0 bridgehead atoms. The maximum absolute atomic E-state index is 13.1. The van der Waals surface area contributed by atoms with E-state index in [2.05, 4.69) is 17.2 Å². The van der Waals surface area contributed by atoms with Crippen LogP contribution >= 0.6 is 22.9 Å². The number of hydrogen-bond donors (Lipinski definition) is 2. The van der Waals surface area contributed by atoms with Crippen LogP contribution in [0.25, 0.3) is 0 Å². The van der Waals surface area contributed by atoms with Gasteiger partial charge in [-0.1, -0.05) is 30.3 Å². The first kappa shape index (κ1) is 14.8. The number of benzene rings is 1. The molecule has 0 atom stereocenters. The minimum Gasteiger partial charge on any atom is -0.342 e. The molecular formula is C14H13ClF2N2S. The molecule has 0 unspecified atom stereocenters. The quantitative estimate of drug-likeness (QED) is 0.760. The highest BCUT2D eigenvalue weighted by atomic mass is 35.5. The van der Waals surface area contributed by atoms with Gasteiger partial charge in [-0.3, -0.25) is 0 Å². The highest BCUT2D eigenvalue weighted by Crippen LogP contribution is 2.30. The fraction of sp³-hybridized carbons (Fsp3) is 0.143. The molecule has 0 saturated carbocycles. The Morgan fingerprint density at radius 2 is 1.85 bits per heavy atom. The topological polar surface area (TPSA) is 24.1 Å². The van der Waals surface area contributed by atoms with Gasteiger partial charge in [0.2, 0.25) is 0 Å². The maximum atomic E-state index is 13.1. The highest BCUT2D eigenvalue weighted by Gasteiger charge is 2.23. The van der Waals surface area contributed by atoms with E-state index in [0.717, 1.165) is 11.9 Å². The lowest BCUT2D eigenvalue weighted by molar-refractivity contribution is 0.0175. The summed E-state index contributed by atoms with van der Waals surface area (Å²) in [5.74, 6) is -2.32. The van der Waals surface area contributed by atoms with Crippen LogP contribution in [0.3, 0.4) is 0 Å². The van der Waals surface area contributed by atoms with Crippen LogP contribution < -0.4 is 10.6 Å². The van der Waals surface area contributed by atoms with Gasteiger partial charge < -0.3 is 10.6 Å². The van der Waals surface area contributed by atoms with Crippen molar-refractivity contribution < 1.29 is 8.78 Å². The summed E-state index contributed by atoms with van der Waals surface area (Å²) in [4.78, 5) is 0. The summed E-state index contributed by atoms with van der Waals surface area (Å²) in [6, 6.07) is 7.70. The fourth-order valence-corrected chi connectivity index (χ4v) is 2.59. The van der Waals surface area contributed by atoms with Crippen LogP contribution in [-0.4, -0.2) is 0 Å². The van der Waals surface area contributed by atoms with Crippen LogP contribution in [0.15, 0.2) is 48.1 Å². The summed E-state index contributed by atoms with van der Waals surface area (Å²) in [6.07, 6.45) is 0. The van der Waals surface area contributed by atoms with Crippen LogP contribution in [0.1, 0.15) is 12.5 Å². The number of nitrogens with one attached hydrogen (secondary N) is 2. The van der Waals surface area contributed by atoms with Crippen molar-refractivity contribution in [3.05, 3.63) is 58.7 Å². The summed E-state index contributed by atoms with van der Waals surface area (Å²) < 4.78 is 26.2. The summed E-state index contributed by atoms with van der Waals surface area (Å²) in [7, 11) is 0. The average Bonchev–Trinajstić information content (AvgIpc) is 2.74. The Balaban J connectivity index is 2.00. The third-order valence-corrected chi connectivity index (χ3v) is 3.83. The molecule has 0 aliphatic carbocycles. The number of anilines is 2. The van der Waals surface area contributed by atoms with Gasteiger partial charge in [-0.25, -0.2) is 8.78 Å². The number of halogens is 3. The van der Waals surface area contributed by atoms with Crippen molar-refractivity contribution in [3.63, 3.8) is 0 Å². The van der Waals surface area contributed by atoms with Gasteiger partial charge in [0.15, 0.2) is 0 Å². The lowest BCUT2D eigenvalue weighted by Gasteiger charge is -2.14. The van der Waals surface area contributed by atoms with Crippen molar-refractivity contribution in [1.29, 1.82) is 0 Å². The second-order valence-electron chi connectivity index (χ2n) is 4.29. The Hall–Kier alpha value is -1.59. The first-order chi connectivity index (χ1) is 9.36. The molecule has 0 aliphatic heterocycles. The number of rotatable bonds is 5. The summed E-state index contributed by atoms with van der Waals surface area (Å²) in [5, 5.41) is 9.25. The highest BCUT2D eigenvalue weighted by molar-refractivity contribution is 7.15.